The smallest absolute Gasteiger partial charge is 0.0923 e. The Bertz CT molecular complexity index is 397. The minimum Gasteiger partial charge on any atom is -0.381 e. The van der Waals surface area contributed by atoms with Gasteiger partial charge in [0.2, 0.25) is 0 Å². The Labute approximate surface area is 119 Å². The highest BCUT2D eigenvalue weighted by Crippen LogP contribution is 2.25. The summed E-state index contributed by atoms with van der Waals surface area (Å²) in [6, 6.07) is 1.25. The summed E-state index contributed by atoms with van der Waals surface area (Å²) in [5.74, 6) is 0.668. The first-order chi connectivity index (χ1) is 9.36. The molecule has 3 rings (SSSR count). The predicted molar refractivity (Wildman–Crippen MR) is 76.4 cm³/mol. The Morgan fingerprint density at radius 1 is 1.16 bits per heavy atom. The van der Waals surface area contributed by atoms with E-state index in [0.29, 0.717) is 11.8 Å². The summed E-state index contributed by atoms with van der Waals surface area (Å²) in [6.07, 6.45) is 6.77. The number of aromatic nitrogens is 3. The summed E-state index contributed by atoms with van der Waals surface area (Å²) < 4.78 is 7.47. The average molecular weight is 282 g/mol. The highest BCUT2D eigenvalue weighted by molar-refractivity contribution is 7.79. The molecule has 106 valence electrons. The van der Waals surface area contributed by atoms with Crippen molar-refractivity contribution in [3.05, 3.63) is 11.9 Å². The lowest BCUT2D eigenvalue weighted by atomic mass is 10.00. The van der Waals surface area contributed by atoms with Crippen molar-refractivity contribution in [2.45, 2.75) is 43.5 Å². The standard InChI is InChI=1S/C13H22N4OS/c19-10-11-9-17(15-14-11)13-1-5-16(6-2-13)12-3-7-18-8-4-12/h9,12-13,19H,1-8,10H2. The van der Waals surface area contributed by atoms with Crippen LogP contribution in [0.5, 0.6) is 0 Å². The summed E-state index contributed by atoms with van der Waals surface area (Å²) in [7, 11) is 0. The molecule has 0 amide bonds. The van der Waals surface area contributed by atoms with Crippen molar-refractivity contribution in [2.75, 3.05) is 26.3 Å². The van der Waals surface area contributed by atoms with Crippen molar-refractivity contribution < 1.29 is 4.74 Å². The first-order valence-electron chi connectivity index (χ1n) is 7.20. The van der Waals surface area contributed by atoms with E-state index in [1.807, 2.05) is 10.9 Å². The normalized spacial score (nSPS) is 23.8. The zero-order chi connectivity index (χ0) is 13.1. The maximum atomic E-state index is 5.44. The molecule has 0 atom stereocenters. The topological polar surface area (TPSA) is 43.2 Å². The molecule has 0 radical (unpaired) electrons. The van der Waals surface area contributed by atoms with E-state index in [9.17, 15) is 0 Å². The fourth-order valence-electron chi connectivity index (χ4n) is 3.13. The van der Waals surface area contributed by atoms with E-state index in [4.69, 9.17) is 4.74 Å². The maximum absolute atomic E-state index is 5.44. The van der Waals surface area contributed by atoms with Gasteiger partial charge in [-0.3, -0.25) is 0 Å². The van der Waals surface area contributed by atoms with Gasteiger partial charge in [0.05, 0.1) is 11.7 Å². The molecule has 2 saturated heterocycles. The molecule has 1 aromatic heterocycles. The number of hydrogen-bond acceptors (Lipinski definition) is 5. The summed E-state index contributed by atoms with van der Waals surface area (Å²) in [5, 5.41) is 8.35. The predicted octanol–water partition coefficient (Wildman–Crippen LogP) is 1.52. The molecule has 3 heterocycles. The SMILES string of the molecule is SCc1cn(C2CCN(C3CCOCC3)CC2)nn1. The number of ether oxygens (including phenoxy) is 1. The van der Waals surface area contributed by atoms with Gasteiger partial charge in [0.1, 0.15) is 0 Å². The summed E-state index contributed by atoms with van der Waals surface area (Å²) >= 11 is 4.23. The van der Waals surface area contributed by atoms with E-state index in [0.717, 1.165) is 24.9 Å². The summed E-state index contributed by atoms with van der Waals surface area (Å²) in [4.78, 5) is 2.63. The van der Waals surface area contributed by atoms with E-state index in [1.165, 1.54) is 38.8 Å². The molecule has 19 heavy (non-hydrogen) atoms. The Morgan fingerprint density at radius 3 is 2.53 bits per heavy atom. The van der Waals surface area contributed by atoms with Crippen molar-refractivity contribution >= 4 is 12.6 Å². The lowest BCUT2D eigenvalue weighted by Crippen LogP contribution is -2.44. The average Bonchev–Trinajstić information content (AvgIpc) is 2.97. The summed E-state index contributed by atoms with van der Waals surface area (Å²) in [5.41, 5.74) is 0.968. The van der Waals surface area contributed by atoms with E-state index < -0.39 is 0 Å². The van der Waals surface area contributed by atoms with Crippen molar-refractivity contribution in [1.29, 1.82) is 0 Å². The van der Waals surface area contributed by atoms with Gasteiger partial charge in [0.25, 0.3) is 0 Å². The molecule has 2 aliphatic rings. The van der Waals surface area contributed by atoms with Gasteiger partial charge in [0, 0.05) is 44.3 Å². The van der Waals surface area contributed by atoms with Crippen LogP contribution in [0.2, 0.25) is 0 Å². The Kier molecular flexibility index (Phi) is 4.40. The van der Waals surface area contributed by atoms with Crippen LogP contribution >= 0.6 is 12.6 Å². The van der Waals surface area contributed by atoms with Crippen molar-refractivity contribution in [3.63, 3.8) is 0 Å². The van der Waals surface area contributed by atoms with Crippen molar-refractivity contribution in [1.82, 2.24) is 19.9 Å². The monoisotopic (exact) mass is 282 g/mol. The summed E-state index contributed by atoms with van der Waals surface area (Å²) in [6.45, 7) is 4.20. The fraction of sp³-hybridized carbons (Fsp3) is 0.846. The molecule has 1 aromatic rings. The Hall–Kier alpha value is -0.590. The zero-order valence-electron chi connectivity index (χ0n) is 11.2. The number of piperidine rings is 1. The molecule has 0 aliphatic carbocycles. The van der Waals surface area contributed by atoms with Crippen LogP contribution in [0.3, 0.4) is 0 Å². The number of rotatable bonds is 3. The Morgan fingerprint density at radius 2 is 1.89 bits per heavy atom. The first-order valence-corrected chi connectivity index (χ1v) is 7.83. The van der Waals surface area contributed by atoms with E-state index in [-0.39, 0.29) is 0 Å². The van der Waals surface area contributed by atoms with E-state index in [1.54, 1.807) is 0 Å². The molecular weight excluding hydrogens is 260 g/mol. The molecule has 0 unspecified atom stereocenters. The van der Waals surface area contributed by atoms with Crippen LogP contribution < -0.4 is 0 Å². The molecule has 0 spiro atoms. The molecule has 2 fully saturated rings. The second-order valence-electron chi connectivity index (χ2n) is 5.46. The third-order valence-corrected chi connectivity index (χ3v) is 4.62. The molecule has 0 aromatic carbocycles. The van der Waals surface area contributed by atoms with Gasteiger partial charge in [-0.25, -0.2) is 4.68 Å². The van der Waals surface area contributed by atoms with Crippen molar-refractivity contribution in [2.24, 2.45) is 0 Å². The van der Waals surface area contributed by atoms with Gasteiger partial charge < -0.3 is 9.64 Å². The van der Waals surface area contributed by atoms with Crippen LogP contribution in [-0.4, -0.2) is 52.2 Å². The second-order valence-corrected chi connectivity index (χ2v) is 5.77. The molecular formula is C13H22N4OS. The highest BCUT2D eigenvalue weighted by Gasteiger charge is 2.27. The Balaban J connectivity index is 1.53. The van der Waals surface area contributed by atoms with E-state index >= 15 is 0 Å². The molecule has 2 aliphatic heterocycles. The van der Waals surface area contributed by atoms with Crippen LogP contribution in [0, 0.1) is 0 Å². The number of likely N-dealkylation sites (tertiary alicyclic amines) is 1. The highest BCUT2D eigenvalue weighted by atomic mass is 32.1. The molecule has 0 bridgehead atoms. The fourth-order valence-corrected chi connectivity index (χ4v) is 3.27. The third-order valence-electron chi connectivity index (χ3n) is 4.30. The van der Waals surface area contributed by atoms with Crippen molar-refractivity contribution in [3.8, 4) is 0 Å². The molecule has 5 nitrogen and oxygen atoms in total. The first kappa shape index (κ1) is 13.4. The minimum atomic E-state index is 0.511. The van der Waals surface area contributed by atoms with Crippen LogP contribution in [0.4, 0.5) is 0 Å². The number of hydrogen-bond donors (Lipinski definition) is 1. The number of nitrogens with zero attached hydrogens (tertiary/aromatic N) is 4. The molecule has 0 N–H and O–H groups in total. The van der Waals surface area contributed by atoms with Crippen LogP contribution in [-0.2, 0) is 10.5 Å². The van der Waals surface area contributed by atoms with Crippen LogP contribution in [0.1, 0.15) is 37.4 Å². The van der Waals surface area contributed by atoms with Crippen LogP contribution in [0.15, 0.2) is 6.20 Å². The number of thiol groups is 1. The molecule has 6 heteroatoms. The van der Waals surface area contributed by atoms with E-state index in [2.05, 4.69) is 27.8 Å². The largest absolute Gasteiger partial charge is 0.381 e. The second kappa shape index (κ2) is 6.24. The zero-order valence-corrected chi connectivity index (χ0v) is 12.1. The lowest BCUT2D eigenvalue weighted by Gasteiger charge is -2.39. The van der Waals surface area contributed by atoms with Crippen LogP contribution in [0.25, 0.3) is 0 Å². The van der Waals surface area contributed by atoms with Gasteiger partial charge in [-0.05, 0) is 25.7 Å². The maximum Gasteiger partial charge on any atom is 0.0923 e. The third kappa shape index (κ3) is 3.12. The van der Waals surface area contributed by atoms with Gasteiger partial charge in [-0.1, -0.05) is 5.21 Å². The van der Waals surface area contributed by atoms with Gasteiger partial charge in [-0.15, -0.1) is 5.10 Å². The van der Waals surface area contributed by atoms with Gasteiger partial charge in [-0.2, -0.15) is 12.6 Å². The van der Waals surface area contributed by atoms with Gasteiger partial charge in [0.15, 0.2) is 0 Å². The molecule has 0 saturated carbocycles. The lowest BCUT2D eigenvalue weighted by molar-refractivity contribution is 0.0211. The minimum absolute atomic E-state index is 0.511. The quantitative estimate of drug-likeness (QED) is 0.854. The van der Waals surface area contributed by atoms with Gasteiger partial charge >= 0.3 is 0 Å².